The number of likely N-dealkylation sites (tertiary alicyclic amines) is 1. The lowest BCUT2D eigenvalue weighted by molar-refractivity contribution is -0.130. The molecular weight excluding hydrogens is 330 g/mol. The molecule has 2 heterocycles. The minimum Gasteiger partial charge on any atom is -0.345 e. The van der Waals surface area contributed by atoms with Crippen molar-refractivity contribution >= 4 is 28.5 Å². The molecule has 0 atom stereocenters. The van der Waals surface area contributed by atoms with Gasteiger partial charge >= 0.3 is 0 Å². The van der Waals surface area contributed by atoms with Crippen LogP contribution in [-0.2, 0) is 16.1 Å². The van der Waals surface area contributed by atoms with Gasteiger partial charge in [0.25, 0.3) is 11.7 Å². The summed E-state index contributed by atoms with van der Waals surface area (Å²) in [4.78, 5) is 39.3. The topological polar surface area (TPSA) is 71.4 Å². The van der Waals surface area contributed by atoms with E-state index in [1.54, 1.807) is 10.8 Å². The SMILES string of the molecule is CC(C)(C)NC(=O)C(=O)c1cn(CC(=O)N2CCCC2)c2ccccc12. The third kappa shape index (κ3) is 3.79. The maximum Gasteiger partial charge on any atom is 0.292 e. The number of aromatic nitrogens is 1. The largest absolute Gasteiger partial charge is 0.345 e. The number of carbonyl (C=O) groups is 3. The van der Waals surface area contributed by atoms with Crippen LogP contribution < -0.4 is 5.32 Å². The number of carbonyl (C=O) groups excluding carboxylic acids is 3. The third-order valence-corrected chi connectivity index (χ3v) is 4.49. The Balaban J connectivity index is 1.90. The summed E-state index contributed by atoms with van der Waals surface area (Å²) in [6.07, 6.45) is 3.70. The zero-order valence-corrected chi connectivity index (χ0v) is 15.5. The van der Waals surface area contributed by atoms with E-state index in [1.165, 1.54) is 0 Å². The molecular formula is C20H25N3O3. The van der Waals surface area contributed by atoms with Gasteiger partial charge in [0.05, 0.1) is 5.56 Å². The fraction of sp³-hybridized carbons (Fsp3) is 0.450. The van der Waals surface area contributed by atoms with E-state index in [1.807, 2.05) is 49.9 Å². The Morgan fingerprint density at radius 1 is 1.08 bits per heavy atom. The number of benzene rings is 1. The van der Waals surface area contributed by atoms with E-state index in [2.05, 4.69) is 5.32 Å². The summed E-state index contributed by atoms with van der Waals surface area (Å²) in [5.74, 6) is -1.17. The van der Waals surface area contributed by atoms with Crippen molar-refractivity contribution in [1.29, 1.82) is 0 Å². The summed E-state index contributed by atoms with van der Waals surface area (Å²) >= 11 is 0. The summed E-state index contributed by atoms with van der Waals surface area (Å²) in [6.45, 7) is 7.24. The molecule has 1 saturated heterocycles. The van der Waals surface area contributed by atoms with E-state index in [-0.39, 0.29) is 12.5 Å². The molecule has 1 aliphatic rings. The summed E-state index contributed by atoms with van der Waals surface area (Å²) in [7, 11) is 0. The van der Waals surface area contributed by atoms with Crippen molar-refractivity contribution in [2.24, 2.45) is 0 Å². The van der Waals surface area contributed by atoms with Gasteiger partial charge in [-0.15, -0.1) is 0 Å². The second-order valence-corrected chi connectivity index (χ2v) is 7.81. The van der Waals surface area contributed by atoms with Gasteiger partial charge in [0, 0.05) is 35.7 Å². The third-order valence-electron chi connectivity index (χ3n) is 4.49. The number of hydrogen-bond donors (Lipinski definition) is 1. The monoisotopic (exact) mass is 355 g/mol. The van der Waals surface area contributed by atoms with Crippen LogP contribution >= 0.6 is 0 Å². The van der Waals surface area contributed by atoms with Gasteiger partial charge in [-0.3, -0.25) is 14.4 Å². The van der Waals surface area contributed by atoms with Crippen molar-refractivity contribution in [2.75, 3.05) is 13.1 Å². The van der Waals surface area contributed by atoms with Gasteiger partial charge in [0.2, 0.25) is 5.91 Å². The molecule has 6 heteroatoms. The highest BCUT2D eigenvalue weighted by molar-refractivity contribution is 6.45. The van der Waals surface area contributed by atoms with Crippen molar-refractivity contribution < 1.29 is 14.4 Å². The van der Waals surface area contributed by atoms with Gasteiger partial charge in [-0.2, -0.15) is 0 Å². The lowest BCUT2D eigenvalue weighted by atomic mass is 10.1. The van der Waals surface area contributed by atoms with E-state index < -0.39 is 17.2 Å². The fourth-order valence-corrected chi connectivity index (χ4v) is 3.29. The van der Waals surface area contributed by atoms with Crippen molar-refractivity contribution in [3.8, 4) is 0 Å². The molecule has 0 bridgehead atoms. The van der Waals surface area contributed by atoms with Gasteiger partial charge in [-0.05, 0) is 39.7 Å². The first-order chi connectivity index (χ1) is 12.3. The number of rotatable bonds is 4. The van der Waals surface area contributed by atoms with Crippen LogP contribution in [0, 0.1) is 0 Å². The first-order valence-electron chi connectivity index (χ1n) is 8.99. The summed E-state index contributed by atoms with van der Waals surface area (Å²) in [5, 5.41) is 3.39. The van der Waals surface area contributed by atoms with Crippen LogP contribution in [-0.4, -0.2) is 45.7 Å². The molecule has 1 aromatic carbocycles. The Morgan fingerprint density at radius 3 is 2.38 bits per heavy atom. The summed E-state index contributed by atoms with van der Waals surface area (Å²) < 4.78 is 1.77. The molecule has 1 fully saturated rings. The molecule has 0 saturated carbocycles. The Bertz CT molecular complexity index is 855. The molecule has 26 heavy (non-hydrogen) atoms. The van der Waals surface area contributed by atoms with E-state index in [4.69, 9.17) is 0 Å². The number of Topliss-reactive ketones (excluding diaryl/α,β-unsaturated/α-hetero) is 1. The molecule has 0 unspecified atom stereocenters. The Labute approximate surface area is 153 Å². The second kappa shape index (κ2) is 6.94. The highest BCUT2D eigenvalue weighted by atomic mass is 16.2. The highest BCUT2D eigenvalue weighted by Crippen LogP contribution is 2.23. The maximum atomic E-state index is 12.7. The van der Waals surface area contributed by atoms with Crippen molar-refractivity contribution in [3.63, 3.8) is 0 Å². The molecule has 0 aliphatic carbocycles. The molecule has 3 rings (SSSR count). The first-order valence-corrected chi connectivity index (χ1v) is 8.99. The molecule has 2 amide bonds. The van der Waals surface area contributed by atoms with Crippen LogP contribution in [0.1, 0.15) is 44.0 Å². The highest BCUT2D eigenvalue weighted by Gasteiger charge is 2.26. The molecule has 1 aliphatic heterocycles. The fourth-order valence-electron chi connectivity index (χ4n) is 3.29. The normalized spacial score (nSPS) is 14.7. The van der Waals surface area contributed by atoms with Crippen molar-refractivity contribution in [1.82, 2.24) is 14.8 Å². The molecule has 0 radical (unpaired) electrons. The van der Waals surface area contributed by atoms with Gasteiger partial charge < -0.3 is 14.8 Å². The average molecular weight is 355 g/mol. The van der Waals surface area contributed by atoms with E-state index in [0.717, 1.165) is 31.4 Å². The van der Waals surface area contributed by atoms with Crippen LogP contribution in [0.2, 0.25) is 0 Å². The lowest BCUT2D eigenvalue weighted by Gasteiger charge is -2.19. The van der Waals surface area contributed by atoms with Gasteiger partial charge in [-0.25, -0.2) is 0 Å². The molecule has 138 valence electrons. The van der Waals surface area contributed by atoms with E-state index in [0.29, 0.717) is 10.9 Å². The maximum absolute atomic E-state index is 12.7. The van der Waals surface area contributed by atoms with E-state index >= 15 is 0 Å². The average Bonchev–Trinajstić information content (AvgIpc) is 3.21. The Morgan fingerprint density at radius 2 is 1.73 bits per heavy atom. The van der Waals surface area contributed by atoms with Crippen LogP contribution in [0.3, 0.4) is 0 Å². The van der Waals surface area contributed by atoms with Crippen LogP contribution in [0.4, 0.5) is 0 Å². The minimum atomic E-state index is -0.633. The van der Waals surface area contributed by atoms with Gasteiger partial charge in [-0.1, -0.05) is 18.2 Å². The predicted octanol–water partition coefficient (Wildman–Crippen LogP) is 2.36. The molecule has 1 aromatic heterocycles. The number of nitrogens with zero attached hydrogens (tertiary/aromatic N) is 2. The van der Waals surface area contributed by atoms with Crippen LogP contribution in [0.5, 0.6) is 0 Å². The number of para-hydroxylation sites is 1. The number of hydrogen-bond acceptors (Lipinski definition) is 3. The zero-order chi connectivity index (χ0) is 18.9. The Kier molecular flexibility index (Phi) is 4.85. The zero-order valence-electron chi connectivity index (χ0n) is 15.5. The number of fused-ring (bicyclic) bond motifs is 1. The van der Waals surface area contributed by atoms with E-state index in [9.17, 15) is 14.4 Å². The summed E-state index contributed by atoms with van der Waals surface area (Å²) in [6, 6.07) is 7.37. The number of ketones is 1. The number of amides is 2. The molecule has 6 nitrogen and oxygen atoms in total. The van der Waals surface area contributed by atoms with Crippen LogP contribution in [0.25, 0.3) is 10.9 Å². The Hall–Kier alpha value is -2.63. The first kappa shape index (κ1) is 18.2. The van der Waals surface area contributed by atoms with Crippen LogP contribution in [0.15, 0.2) is 30.5 Å². The van der Waals surface area contributed by atoms with Gasteiger partial charge in [0.15, 0.2) is 0 Å². The molecule has 0 spiro atoms. The van der Waals surface area contributed by atoms with Crippen molar-refractivity contribution in [3.05, 3.63) is 36.0 Å². The number of nitrogens with one attached hydrogen (secondary N) is 1. The molecule has 1 N–H and O–H groups in total. The quantitative estimate of drug-likeness (QED) is 0.676. The second-order valence-electron chi connectivity index (χ2n) is 7.81. The molecule has 2 aromatic rings. The minimum absolute atomic E-state index is 0.0430. The standard InChI is InChI=1S/C20H25N3O3/c1-20(2,3)21-19(26)18(25)15-12-23(16-9-5-4-8-14(15)16)13-17(24)22-10-6-7-11-22/h4-5,8-9,12H,6-7,10-11,13H2,1-3H3,(H,21,26). The smallest absolute Gasteiger partial charge is 0.292 e. The lowest BCUT2D eigenvalue weighted by Crippen LogP contribution is -2.44. The summed E-state index contributed by atoms with van der Waals surface area (Å²) in [5.41, 5.74) is 0.625. The predicted molar refractivity (Wildman–Crippen MR) is 100.0 cm³/mol. The van der Waals surface area contributed by atoms with Gasteiger partial charge in [0.1, 0.15) is 6.54 Å². The van der Waals surface area contributed by atoms with Crippen molar-refractivity contribution in [2.45, 2.75) is 45.7 Å².